The van der Waals surface area contributed by atoms with Crippen LogP contribution in [0.2, 0.25) is 10.2 Å². The van der Waals surface area contributed by atoms with Crippen LogP contribution in [0.5, 0.6) is 0 Å². The van der Waals surface area contributed by atoms with E-state index in [1.807, 2.05) is 13.0 Å². The average molecular weight is 204 g/mol. The minimum absolute atomic E-state index is 0.386. The maximum atomic E-state index is 6.04. The first-order chi connectivity index (χ1) is 5.52. The van der Waals surface area contributed by atoms with Gasteiger partial charge < -0.3 is 0 Å². The number of hydrogen-bond donors (Lipinski definition) is 0. The Morgan fingerprint density at radius 1 is 1.33 bits per heavy atom. The normalized spacial score (nSPS) is 10.8. The predicted octanol–water partition coefficient (Wildman–Crippen LogP) is 3.82. The molecule has 0 bridgehead atoms. The number of hydrogen-bond acceptors (Lipinski definition) is 1. The quantitative estimate of drug-likeness (QED) is 0.633. The maximum Gasteiger partial charge on any atom is 0.129 e. The largest absolute Gasteiger partial charge is 0.240 e. The first kappa shape index (κ1) is 9.82. The van der Waals surface area contributed by atoms with Crippen molar-refractivity contribution in [1.29, 1.82) is 0 Å². The van der Waals surface area contributed by atoms with Gasteiger partial charge in [0.25, 0.3) is 0 Å². The summed E-state index contributed by atoms with van der Waals surface area (Å²) >= 11 is 11.8. The summed E-state index contributed by atoms with van der Waals surface area (Å²) in [6.07, 6.45) is 0. The Balaban J connectivity index is 3.28. The lowest BCUT2D eigenvalue weighted by Gasteiger charge is -2.09. The first-order valence-corrected chi connectivity index (χ1v) is 4.60. The molecule has 0 aliphatic carbocycles. The van der Waals surface area contributed by atoms with E-state index >= 15 is 0 Å². The molecule has 3 heteroatoms. The van der Waals surface area contributed by atoms with E-state index in [9.17, 15) is 0 Å². The Morgan fingerprint density at radius 2 is 1.92 bits per heavy atom. The van der Waals surface area contributed by atoms with Crippen LogP contribution < -0.4 is 0 Å². The van der Waals surface area contributed by atoms with Gasteiger partial charge in [-0.3, -0.25) is 0 Å². The van der Waals surface area contributed by atoms with Crippen LogP contribution in [0.4, 0.5) is 0 Å². The molecule has 1 aromatic rings. The molecule has 0 radical (unpaired) electrons. The van der Waals surface area contributed by atoms with Gasteiger partial charge >= 0.3 is 0 Å². The van der Waals surface area contributed by atoms with Crippen molar-refractivity contribution in [3.05, 3.63) is 27.5 Å². The highest BCUT2D eigenvalue weighted by Gasteiger charge is 2.09. The van der Waals surface area contributed by atoms with Crippen LogP contribution in [0.25, 0.3) is 0 Å². The van der Waals surface area contributed by atoms with Crippen LogP contribution >= 0.6 is 23.2 Å². The Morgan fingerprint density at radius 3 is 2.42 bits per heavy atom. The minimum Gasteiger partial charge on any atom is -0.240 e. The molecule has 0 aliphatic rings. The van der Waals surface area contributed by atoms with E-state index in [-0.39, 0.29) is 0 Å². The number of halogens is 2. The average Bonchev–Trinajstić information content (AvgIpc) is 1.96. The third kappa shape index (κ3) is 1.90. The van der Waals surface area contributed by atoms with E-state index in [1.165, 1.54) is 0 Å². The lowest BCUT2D eigenvalue weighted by atomic mass is 10.0. The van der Waals surface area contributed by atoms with Gasteiger partial charge in [0.2, 0.25) is 0 Å². The minimum atomic E-state index is 0.386. The van der Waals surface area contributed by atoms with Gasteiger partial charge in [-0.2, -0.15) is 0 Å². The van der Waals surface area contributed by atoms with Crippen LogP contribution in [0, 0.1) is 6.92 Å². The fourth-order valence-corrected chi connectivity index (χ4v) is 1.62. The van der Waals surface area contributed by atoms with E-state index in [1.54, 1.807) is 0 Å². The second-order valence-corrected chi connectivity index (χ2v) is 3.85. The molecule has 1 rings (SSSR count). The zero-order valence-electron chi connectivity index (χ0n) is 7.36. The predicted molar refractivity (Wildman–Crippen MR) is 53.1 cm³/mol. The molecule has 0 spiro atoms. The van der Waals surface area contributed by atoms with Crippen LogP contribution in [0.1, 0.15) is 31.0 Å². The van der Waals surface area contributed by atoms with Crippen LogP contribution in [-0.2, 0) is 0 Å². The summed E-state index contributed by atoms with van der Waals surface area (Å²) in [5, 5.41) is 1.25. The molecule has 1 nitrogen and oxygen atoms in total. The third-order valence-corrected chi connectivity index (χ3v) is 2.43. The van der Waals surface area contributed by atoms with Crippen molar-refractivity contribution in [1.82, 2.24) is 4.98 Å². The van der Waals surface area contributed by atoms with Crippen molar-refractivity contribution in [3.8, 4) is 0 Å². The molecule has 0 amide bonds. The molecular weight excluding hydrogens is 193 g/mol. The van der Waals surface area contributed by atoms with Gasteiger partial charge in [-0.25, -0.2) is 4.98 Å². The molecule has 0 unspecified atom stereocenters. The zero-order chi connectivity index (χ0) is 9.30. The summed E-state index contributed by atoms with van der Waals surface area (Å²) in [5.41, 5.74) is 1.86. The molecule has 0 fully saturated rings. The highest BCUT2D eigenvalue weighted by atomic mass is 35.5. The van der Waals surface area contributed by atoms with Crippen LogP contribution in [0.15, 0.2) is 6.07 Å². The van der Waals surface area contributed by atoms with Gasteiger partial charge in [-0.1, -0.05) is 37.0 Å². The summed E-state index contributed by atoms with van der Waals surface area (Å²) in [4.78, 5) is 4.05. The van der Waals surface area contributed by atoms with Crippen LogP contribution in [0.3, 0.4) is 0 Å². The Bertz CT molecular complexity index is 295. The van der Waals surface area contributed by atoms with Gasteiger partial charge in [0.1, 0.15) is 5.15 Å². The molecule has 0 saturated heterocycles. The smallest absolute Gasteiger partial charge is 0.129 e. The Labute approximate surface area is 82.7 Å². The number of pyridine rings is 1. The monoisotopic (exact) mass is 203 g/mol. The molecule has 1 heterocycles. The lowest BCUT2D eigenvalue weighted by Crippen LogP contribution is -1.94. The summed E-state index contributed by atoms with van der Waals surface area (Å²) in [6, 6.07) is 1.82. The van der Waals surface area contributed by atoms with Gasteiger partial charge in [0.05, 0.1) is 10.7 Å². The van der Waals surface area contributed by atoms with Crippen molar-refractivity contribution in [2.75, 3.05) is 0 Å². The van der Waals surface area contributed by atoms with Crippen molar-refractivity contribution >= 4 is 23.2 Å². The second kappa shape index (κ2) is 3.63. The van der Waals surface area contributed by atoms with Crippen molar-refractivity contribution < 1.29 is 0 Å². The van der Waals surface area contributed by atoms with Gasteiger partial charge in [-0.15, -0.1) is 0 Å². The molecular formula is C9H11Cl2N. The summed E-state index contributed by atoms with van der Waals surface area (Å²) in [6.45, 7) is 6.02. The summed E-state index contributed by atoms with van der Waals surface area (Å²) in [7, 11) is 0. The fraction of sp³-hybridized carbons (Fsp3) is 0.444. The second-order valence-electron chi connectivity index (χ2n) is 3.09. The van der Waals surface area contributed by atoms with Gasteiger partial charge in [0, 0.05) is 0 Å². The van der Waals surface area contributed by atoms with E-state index < -0.39 is 0 Å². The highest BCUT2D eigenvalue weighted by Crippen LogP contribution is 2.28. The molecule has 66 valence electrons. The number of aromatic nitrogens is 1. The van der Waals surface area contributed by atoms with E-state index in [2.05, 4.69) is 18.8 Å². The molecule has 1 aromatic heterocycles. The van der Waals surface area contributed by atoms with Crippen molar-refractivity contribution in [2.24, 2.45) is 0 Å². The number of rotatable bonds is 1. The summed E-state index contributed by atoms with van der Waals surface area (Å²) < 4.78 is 0. The van der Waals surface area contributed by atoms with Crippen molar-refractivity contribution in [2.45, 2.75) is 26.7 Å². The third-order valence-electron chi connectivity index (χ3n) is 1.74. The Hall–Kier alpha value is -0.270. The van der Waals surface area contributed by atoms with Gasteiger partial charge in [-0.05, 0) is 24.5 Å². The molecule has 0 aliphatic heterocycles. The zero-order valence-corrected chi connectivity index (χ0v) is 8.87. The van der Waals surface area contributed by atoms with E-state index in [0.717, 1.165) is 16.3 Å². The molecule has 0 saturated carbocycles. The number of nitrogens with zero attached hydrogens (tertiary/aromatic N) is 1. The summed E-state index contributed by atoms with van der Waals surface area (Å²) in [5.74, 6) is 0.386. The maximum absolute atomic E-state index is 6.04. The molecule has 0 aromatic carbocycles. The Kier molecular flexibility index (Phi) is 2.97. The van der Waals surface area contributed by atoms with Gasteiger partial charge in [0.15, 0.2) is 0 Å². The number of aryl methyl sites for hydroxylation is 1. The topological polar surface area (TPSA) is 12.9 Å². The molecule has 12 heavy (non-hydrogen) atoms. The lowest BCUT2D eigenvalue weighted by molar-refractivity contribution is 0.859. The highest BCUT2D eigenvalue weighted by molar-refractivity contribution is 6.33. The van der Waals surface area contributed by atoms with E-state index in [4.69, 9.17) is 23.2 Å². The fourth-order valence-electron chi connectivity index (χ4n) is 1.06. The van der Waals surface area contributed by atoms with E-state index in [0.29, 0.717) is 11.1 Å². The van der Waals surface area contributed by atoms with Crippen LogP contribution in [-0.4, -0.2) is 4.98 Å². The standard InChI is InChI=1S/C9H11Cl2N/c1-5(2)7-4-8(10)12-6(3)9(7)11/h4-5H,1-3H3. The molecule has 0 atom stereocenters. The SMILES string of the molecule is Cc1nc(Cl)cc(C(C)C)c1Cl. The first-order valence-electron chi connectivity index (χ1n) is 3.85. The van der Waals surface area contributed by atoms with Crippen molar-refractivity contribution in [3.63, 3.8) is 0 Å². The molecule has 0 N–H and O–H groups in total.